The summed E-state index contributed by atoms with van der Waals surface area (Å²) in [6.45, 7) is 8.22. The lowest BCUT2D eigenvalue weighted by molar-refractivity contribution is 0.137. The zero-order valence-corrected chi connectivity index (χ0v) is 12.8. The summed E-state index contributed by atoms with van der Waals surface area (Å²) in [7, 11) is -3.59. The SMILES string of the molecule is CCn1ncc(S(=O)(=O)N2CC(C)(C)[C@@H]3COC[C@@H]32)n1. The van der Waals surface area contributed by atoms with E-state index in [0.717, 1.165) is 0 Å². The first-order chi connectivity index (χ1) is 9.36. The lowest BCUT2D eigenvalue weighted by atomic mass is 9.80. The van der Waals surface area contributed by atoms with Crippen molar-refractivity contribution in [3.05, 3.63) is 6.20 Å². The number of nitrogens with zero attached hydrogens (tertiary/aromatic N) is 4. The topological polar surface area (TPSA) is 77.3 Å². The van der Waals surface area contributed by atoms with E-state index in [1.165, 1.54) is 11.0 Å². The molecule has 2 aliphatic heterocycles. The van der Waals surface area contributed by atoms with Gasteiger partial charge in [-0.2, -0.15) is 14.2 Å². The largest absolute Gasteiger partial charge is 0.379 e. The first-order valence-corrected chi connectivity index (χ1v) is 8.30. The molecular weight excluding hydrogens is 280 g/mol. The van der Waals surface area contributed by atoms with Gasteiger partial charge in [-0.05, 0) is 12.3 Å². The van der Waals surface area contributed by atoms with Gasteiger partial charge in [-0.3, -0.25) is 0 Å². The number of aryl methyl sites for hydroxylation is 1. The molecule has 2 fully saturated rings. The molecule has 2 atom stereocenters. The molecule has 0 aliphatic carbocycles. The molecule has 2 saturated heterocycles. The Labute approximate surface area is 118 Å². The molecule has 112 valence electrons. The molecule has 0 bridgehead atoms. The monoisotopic (exact) mass is 300 g/mol. The van der Waals surface area contributed by atoms with Gasteiger partial charge < -0.3 is 4.74 Å². The van der Waals surface area contributed by atoms with Crippen LogP contribution in [-0.2, 0) is 21.3 Å². The predicted octanol–water partition coefficient (Wildman–Crippen LogP) is 0.343. The zero-order chi connectivity index (χ0) is 14.5. The van der Waals surface area contributed by atoms with Gasteiger partial charge in [-0.25, -0.2) is 8.42 Å². The number of hydrogen-bond acceptors (Lipinski definition) is 5. The first kappa shape index (κ1) is 14.0. The summed E-state index contributed by atoms with van der Waals surface area (Å²) in [4.78, 5) is 1.39. The second-order valence-corrected chi connectivity index (χ2v) is 7.96. The van der Waals surface area contributed by atoms with E-state index in [9.17, 15) is 8.42 Å². The summed E-state index contributed by atoms with van der Waals surface area (Å²) in [5, 5.41) is 8.04. The molecule has 0 aromatic carbocycles. The summed E-state index contributed by atoms with van der Waals surface area (Å²) in [6, 6.07) is -0.0817. The first-order valence-electron chi connectivity index (χ1n) is 6.86. The van der Waals surface area contributed by atoms with Crippen LogP contribution in [0, 0.1) is 11.3 Å². The van der Waals surface area contributed by atoms with Crippen molar-refractivity contribution in [1.82, 2.24) is 19.3 Å². The molecule has 1 aromatic rings. The Morgan fingerprint density at radius 3 is 2.85 bits per heavy atom. The van der Waals surface area contributed by atoms with E-state index in [2.05, 4.69) is 24.0 Å². The van der Waals surface area contributed by atoms with Gasteiger partial charge in [-0.15, -0.1) is 5.10 Å². The summed E-state index contributed by atoms with van der Waals surface area (Å²) < 4.78 is 32.5. The van der Waals surface area contributed by atoms with Crippen LogP contribution >= 0.6 is 0 Å². The van der Waals surface area contributed by atoms with Crippen molar-refractivity contribution >= 4 is 10.0 Å². The maximum absolute atomic E-state index is 12.7. The fourth-order valence-electron chi connectivity index (χ4n) is 3.14. The minimum absolute atomic E-state index is 0.0303. The zero-order valence-electron chi connectivity index (χ0n) is 12.0. The maximum atomic E-state index is 12.7. The quantitative estimate of drug-likeness (QED) is 0.804. The van der Waals surface area contributed by atoms with Crippen LogP contribution in [0.25, 0.3) is 0 Å². The van der Waals surface area contributed by atoms with E-state index >= 15 is 0 Å². The van der Waals surface area contributed by atoms with Crippen molar-refractivity contribution in [1.29, 1.82) is 0 Å². The lowest BCUT2D eigenvalue weighted by Crippen LogP contribution is -2.38. The van der Waals surface area contributed by atoms with Crippen LogP contribution in [0.3, 0.4) is 0 Å². The Balaban J connectivity index is 1.95. The molecular formula is C12H20N4O3S. The number of aromatic nitrogens is 3. The van der Waals surface area contributed by atoms with Crippen molar-refractivity contribution in [2.75, 3.05) is 19.8 Å². The fourth-order valence-corrected chi connectivity index (χ4v) is 4.83. The average Bonchev–Trinajstić information content (AvgIpc) is 3.07. The molecule has 0 radical (unpaired) electrons. The number of fused-ring (bicyclic) bond motifs is 1. The van der Waals surface area contributed by atoms with Crippen LogP contribution in [0.5, 0.6) is 0 Å². The van der Waals surface area contributed by atoms with E-state index in [4.69, 9.17) is 4.74 Å². The third-order valence-electron chi connectivity index (χ3n) is 4.36. The van der Waals surface area contributed by atoms with Crippen LogP contribution in [0.2, 0.25) is 0 Å². The van der Waals surface area contributed by atoms with Gasteiger partial charge in [0.2, 0.25) is 5.03 Å². The second-order valence-electron chi connectivity index (χ2n) is 6.12. The van der Waals surface area contributed by atoms with E-state index in [1.807, 2.05) is 6.92 Å². The third-order valence-corrected chi connectivity index (χ3v) is 6.09. The molecule has 7 nitrogen and oxygen atoms in total. The standard InChI is InChI=1S/C12H20N4O3S/c1-4-16-13-5-11(14-16)20(17,18)15-8-12(2,3)9-6-19-7-10(9)15/h5,9-10H,4,6-8H2,1-3H3/t9-,10+/m1/s1. The lowest BCUT2D eigenvalue weighted by Gasteiger charge is -2.23. The third kappa shape index (κ3) is 1.97. The Hall–Kier alpha value is -0.990. The molecule has 3 rings (SSSR count). The van der Waals surface area contributed by atoms with Gasteiger partial charge in [0, 0.05) is 12.5 Å². The van der Waals surface area contributed by atoms with Gasteiger partial charge in [0.15, 0.2) is 0 Å². The van der Waals surface area contributed by atoms with E-state index in [1.54, 1.807) is 4.31 Å². The normalized spacial score (nSPS) is 29.8. The fraction of sp³-hybridized carbons (Fsp3) is 0.833. The highest BCUT2D eigenvalue weighted by molar-refractivity contribution is 7.89. The van der Waals surface area contributed by atoms with Crippen LogP contribution in [0.15, 0.2) is 11.2 Å². The summed E-state index contributed by atoms with van der Waals surface area (Å²) in [5.74, 6) is 0.249. The van der Waals surface area contributed by atoms with Crippen LogP contribution in [-0.4, -0.2) is 53.5 Å². The summed E-state index contributed by atoms with van der Waals surface area (Å²) in [5.41, 5.74) is -0.0744. The van der Waals surface area contributed by atoms with Gasteiger partial charge in [-0.1, -0.05) is 13.8 Å². The Morgan fingerprint density at radius 1 is 1.45 bits per heavy atom. The number of rotatable bonds is 3. The molecule has 0 N–H and O–H groups in total. The molecule has 8 heteroatoms. The molecule has 0 amide bonds. The van der Waals surface area contributed by atoms with E-state index in [0.29, 0.717) is 26.3 Å². The Bertz CT molecular complexity index is 610. The second kappa shape index (κ2) is 4.51. The minimum Gasteiger partial charge on any atom is -0.379 e. The van der Waals surface area contributed by atoms with E-state index < -0.39 is 10.0 Å². The Morgan fingerprint density at radius 2 is 2.20 bits per heavy atom. The van der Waals surface area contributed by atoms with Gasteiger partial charge in [0.05, 0.1) is 32.0 Å². The predicted molar refractivity (Wildman–Crippen MR) is 71.5 cm³/mol. The highest BCUT2D eigenvalue weighted by atomic mass is 32.2. The number of hydrogen-bond donors (Lipinski definition) is 0. The molecule has 1 aromatic heterocycles. The summed E-state index contributed by atoms with van der Waals surface area (Å²) in [6.07, 6.45) is 1.33. The van der Waals surface area contributed by atoms with Crippen molar-refractivity contribution in [2.45, 2.75) is 38.4 Å². The van der Waals surface area contributed by atoms with Crippen LogP contribution in [0.1, 0.15) is 20.8 Å². The molecule has 3 heterocycles. The highest BCUT2D eigenvalue weighted by Crippen LogP contribution is 2.45. The van der Waals surface area contributed by atoms with Crippen LogP contribution < -0.4 is 0 Å². The van der Waals surface area contributed by atoms with E-state index in [-0.39, 0.29) is 22.4 Å². The molecule has 0 unspecified atom stereocenters. The van der Waals surface area contributed by atoms with Crippen molar-refractivity contribution in [2.24, 2.45) is 11.3 Å². The average molecular weight is 300 g/mol. The highest BCUT2D eigenvalue weighted by Gasteiger charge is 2.54. The number of ether oxygens (including phenoxy) is 1. The molecule has 2 aliphatic rings. The molecule has 20 heavy (non-hydrogen) atoms. The number of sulfonamides is 1. The smallest absolute Gasteiger partial charge is 0.264 e. The Kier molecular flexibility index (Phi) is 3.15. The summed E-state index contributed by atoms with van der Waals surface area (Å²) >= 11 is 0. The van der Waals surface area contributed by atoms with Crippen molar-refractivity contribution < 1.29 is 13.2 Å². The van der Waals surface area contributed by atoms with Crippen LogP contribution in [0.4, 0.5) is 0 Å². The van der Waals surface area contributed by atoms with Crippen molar-refractivity contribution in [3.63, 3.8) is 0 Å². The molecule has 0 spiro atoms. The molecule has 0 saturated carbocycles. The van der Waals surface area contributed by atoms with Crippen molar-refractivity contribution in [3.8, 4) is 0 Å². The maximum Gasteiger partial charge on any atom is 0.264 e. The van der Waals surface area contributed by atoms with Gasteiger partial charge in [0.1, 0.15) is 0 Å². The minimum atomic E-state index is -3.59. The van der Waals surface area contributed by atoms with Gasteiger partial charge in [0.25, 0.3) is 10.0 Å². The van der Waals surface area contributed by atoms with Gasteiger partial charge >= 0.3 is 0 Å².